The monoisotopic (exact) mass is 322 g/mol. The number of hydrogen-bond acceptors (Lipinski definition) is 3. The van der Waals surface area contributed by atoms with Gasteiger partial charge in [0.25, 0.3) is 0 Å². The molecular weight excluding hydrogens is 300 g/mol. The number of benzene rings is 1. The van der Waals surface area contributed by atoms with E-state index >= 15 is 0 Å². The number of aryl methyl sites for hydroxylation is 1. The van der Waals surface area contributed by atoms with Crippen LogP contribution < -0.4 is 4.90 Å². The number of para-hydroxylation sites is 1. The summed E-state index contributed by atoms with van der Waals surface area (Å²) in [7, 11) is 0. The molecule has 0 radical (unpaired) electrons. The van der Waals surface area contributed by atoms with Crippen molar-refractivity contribution in [2.75, 3.05) is 24.5 Å². The first-order chi connectivity index (χ1) is 11.8. The lowest BCUT2D eigenvalue weighted by Gasteiger charge is -2.37. The second-order valence-corrected chi connectivity index (χ2v) is 6.56. The molecule has 0 saturated carbocycles. The van der Waals surface area contributed by atoms with Crippen LogP contribution in [0.2, 0.25) is 0 Å². The third kappa shape index (κ3) is 2.86. The molecule has 124 valence electrons. The number of hydrogen-bond donors (Lipinski definition) is 0. The van der Waals surface area contributed by atoms with E-state index < -0.39 is 0 Å². The third-order valence-corrected chi connectivity index (χ3v) is 5.11. The molecule has 3 heterocycles. The van der Waals surface area contributed by atoms with Gasteiger partial charge in [-0.05, 0) is 37.3 Å². The van der Waals surface area contributed by atoms with Gasteiger partial charge in [0.15, 0.2) is 0 Å². The minimum atomic E-state index is 0.153. The Morgan fingerprint density at radius 1 is 1.08 bits per heavy atom. The lowest BCUT2D eigenvalue weighted by Crippen LogP contribution is -2.48. The van der Waals surface area contributed by atoms with Gasteiger partial charge in [-0.3, -0.25) is 14.9 Å². The molecule has 0 spiro atoms. The highest BCUT2D eigenvalue weighted by Gasteiger charge is 2.30. The van der Waals surface area contributed by atoms with Crippen molar-refractivity contribution in [3.63, 3.8) is 0 Å². The van der Waals surface area contributed by atoms with Crippen LogP contribution in [0.3, 0.4) is 0 Å². The van der Waals surface area contributed by atoms with Gasteiger partial charge < -0.3 is 4.90 Å². The van der Waals surface area contributed by atoms with Crippen molar-refractivity contribution in [3.05, 3.63) is 54.1 Å². The molecule has 0 bridgehead atoms. The van der Waals surface area contributed by atoms with Crippen molar-refractivity contribution in [3.8, 4) is 0 Å². The van der Waals surface area contributed by atoms with Crippen LogP contribution in [0.5, 0.6) is 0 Å². The molecule has 2 amide bonds. The van der Waals surface area contributed by atoms with Crippen LogP contribution in [-0.4, -0.2) is 40.5 Å². The van der Waals surface area contributed by atoms with Gasteiger partial charge in [0, 0.05) is 49.8 Å². The number of anilines is 1. The minimum Gasteiger partial charge on any atom is -0.324 e. The fraction of sp³-hybridized carbons (Fsp3) is 0.421. The standard InChI is InChI=1S/C19H22N4O/c24-19(23-11-3-5-16-4-1-2-6-18(16)23)22-12-7-15(8-13-22)17-14-20-9-10-21-17/h1-2,4,6,9-10,14-15H,3,5,7-8,11-13H2. The average Bonchev–Trinajstić information content (AvgIpc) is 2.68. The maximum Gasteiger partial charge on any atom is 0.324 e. The Morgan fingerprint density at radius 3 is 2.71 bits per heavy atom. The van der Waals surface area contributed by atoms with E-state index in [0.29, 0.717) is 5.92 Å². The van der Waals surface area contributed by atoms with Crippen molar-refractivity contribution in [1.82, 2.24) is 14.9 Å². The largest absolute Gasteiger partial charge is 0.324 e. The first kappa shape index (κ1) is 15.1. The fourth-order valence-electron chi connectivity index (χ4n) is 3.79. The molecule has 5 heteroatoms. The number of amides is 2. The summed E-state index contributed by atoms with van der Waals surface area (Å²) in [6.07, 6.45) is 9.32. The Kier molecular flexibility index (Phi) is 4.15. The lowest BCUT2D eigenvalue weighted by molar-refractivity contribution is 0.187. The number of rotatable bonds is 1. The van der Waals surface area contributed by atoms with E-state index in [9.17, 15) is 4.79 Å². The summed E-state index contributed by atoms with van der Waals surface area (Å²) in [5, 5.41) is 0. The van der Waals surface area contributed by atoms with Gasteiger partial charge in [-0.1, -0.05) is 18.2 Å². The number of carbonyl (C=O) groups excluding carboxylic acids is 1. The van der Waals surface area contributed by atoms with E-state index in [4.69, 9.17) is 0 Å². The van der Waals surface area contributed by atoms with Gasteiger partial charge in [-0.15, -0.1) is 0 Å². The molecule has 1 fully saturated rings. The van der Waals surface area contributed by atoms with Crippen LogP contribution in [0.25, 0.3) is 0 Å². The van der Waals surface area contributed by atoms with E-state index in [1.54, 1.807) is 12.4 Å². The van der Waals surface area contributed by atoms with Crippen molar-refractivity contribution in [1.29, 1.82) is 0 Å². The summed E-state index contributed by atoms with van der Waals surface area (Å²) < 4.78 is 0. The van der Waals surface area contributed by atoms with E-state index in [0.717, 1.165) is 56.7 Å². The average molecular weight is 322 g/mol. The summed E-state index contributed by atoms with van der Waals surface area (Å²) in [6.45, 7) is 2.40. The second-order valence-electron chi connectivity index (χ2n) is 6.56. The van der Waals surface area contributed by atoms with Crippen LogP contribution in [0.15, 0.2) is 42.9 Å². The van der Waals surface area contributed by atoms with Crippen LogP contribution >= 0.6 is 0 Å². The number of piperidine rings is 1. The molecule has 2 aliphatic heterocycles. The van der Waals surface area contributed by atoms with Crippen molar-refractivity contribution >= 4 is 11.7 Å². The van der Waals surface area contributed by atoms with Gasteiger partial charge in [-0.25, -0.2) is 4.79 Å². The Hall–Kier alpha value is -2.43. The number of nitrogens with zero attached hydrogens (tertiary/aromatic N) is 4. The summed E-state index contributed by atoms with van der Waals surface area (Å²) in [6, 6.07) is 8.43. The molecule has 0 aliphatic carbocycles. The Morgan fingerprint density at radius 2 is 1.92 bits per heavy atom. The molecule has 0 atom stereocenters. The predicted molar refractivity (Wildman–Crippen MR) is 93.1 cm³/mol. The molecule has 0 unspecified atom stereocenters. The van der Waals surface area contributed by atoms with Gasteiger partial charge in [0.2, 0.25) is 0 Å². The van der Waals surface area contributed by atoms with Crippen LogP contribution in [0, 0.1) is 0 Å². The number of aromatic nitrogens is 2. The summed E-state index contributed by atoms with van der Waals surface area (Å²) in [4.78, 5) is 25.5. The van der Waals surface area contributed by atoms with E-state index in [1.807, 2.05) is 22.1 Å². The normalized spacial score (nSPS) is 18.3. The first-order valence-corrected chi connectivity index (χ1v) is 8.73. The Balaban J connectivity index is 1.44. The molecule has 4 rings (SSSR count). The molecule has 24 heavy (non-hydrogen) atoms. The van der Waals surface area contributed by atoms with E-state index in [2.05, 4.69) is 28.2 Å². The summed E-state index contributed by atoms with van der Waals surface area (Å²) in [5.74, 6) is 0.413. The molecule has 1 aromatic heterocycles. The van der Waals surface area contributed by atoms with Crippen LogP contribution in [-0.2, 0) is 6.42 Å². The van der Waals surface area contributed by atoms with Gasteiger partial charge in [0.1, 0.15) is 0 Å². The SMILES string of the molecule is O=C(N1CCC(c2cnccn2)CC1)N1CCCc2ccccc21. The van der Waals surface area contributed by atoms with E-state index in [-0.39, 0.29) is 6.03 Å². The Labute approximate surface area is 142 Å². The zero-order valence-corrected chi connectivity index (χ0v) is 13.8. The maximum absolute atomic E-state index is 13.0. The highest BCUT2D eigenvalue weighted by Crippen LogP contribution is 2.30. The van der Waals surface area contributed by atoms with Gasteiger partial charge in [0.05, 0.1) is 5.69 Å². The zero-order chi connectivity index (χ0) is 16.4. The number of likely N-dealkylation sites (tertiary alicyclic amines) is 1. The molecule has 1 aromatic carbocycles. The molecule has 2 aliphatic rings. The molecule has 5 nitrogen and oxygen atoms in total. The van der Waals surface area contributed by atoms with Gasteiger partial charge in [-0.2, -0.15) is 0 Å². The molecule has 1 saturated heterocycles. The van der Waals surface area contributed by atoms with Gasteiger partial charge >= 0.3 is 6.03 Å². The second kappa shape index (κ2) is 6.59. The maximum atomic E-state index is 13.0. The fourth-order valence-corrected chi connectivity index (χ4v) is 3.79. The lowest BCUT2D eigenvalue weighted by atomic mass is 9.94. The van der Waals surface area contributed by atoms with Crippen molar-refractivity contribution in [2.24, 2.45) is 0 Å². The first-order valence-electron chi connectivity index (χ1n) is 8.73. The van der Waals surface area contributed by atoms with Crippen molar-refractivity contribution < 1.29 is 4.79 Å². The zero-order valence-electron chi connectivity index (χ0n) is 13.8. The van der Waals surface area contributed by atoms with Crippen LogP contribution in [0.4, 0.5) is 10.5 Å². The minimum absolute atomic E-state index is 0.153. The number of carbonyl (C=O) groups is 1. The topological polar surface area (TPSA) is 49.3 Å². The summed E-state index contributed by atoms with van der Waals surface area (Å²) >= 11 is 0. The van der Waals surface area contributed by atoms with Crippen LogP contribution in [0.1, 0.15) is 36.4 Å². The highest BCUT2D eigenvalue weighted by molar-refractivity contribution is 5.93. The van der Waals surface area contributed by atoms with Crippen molar-refractivity contribution in [2.45, 2.75) is 31.6 Å². The molecular formula is C19H22N4O. The molecule has 0 N–H and O–H groups in total. The smallest absolute Gasteiger partial charge is 0.324 e. The highest BCUT2D eigenvalue weighted by atomic mass is 16.2. The summed E-state index contributed by atoms with van der Waals surface area (Å²) in [5.41, 5.74) is 3.42. The van der Waals surface area contributed by atoms with E-state index in [1.165, 1.54) is 5.56 Å². The third-order valence-electron chi connectivity index (χ3n) is 5.11. The molecule has 2 aromatic rings. The Bertz CT molecular complexity index is 710. The number of urea groups is 1. The quantitative estimate of drug-likeness (QED) is 0.810. The number of fused-ring (bicyclic) bond motifs is 1. The predicted octanol–water partition coefficient (Wildman–Crippen LogP) is 3.23.